The van der Waals surface area contributed by atoms with Crippen LogP contribution in [-0.4, -0.2) is 32.0 Å². The van der Waals surface area contributed by atoms with E-state index in [0.29, 0.717) is 23.9 Å². The van der Waals surface area contributed by atoms with Crippen LogP contribution < -0.4 is 15.4 Å². The van der Waals surface area contributed by atoms with Crippen molar-refractivity contribution < 1.29 is 14.3 Å². The minimum atomic E-state index is -0.141. The van der Waals surface area contributed by atoms with Crippen LogP contribution in [0, 0.1) is 0 Å². The second kappa shape index (κ2) is 7.63. The van der Waals surface area contributed by atoms with Gasteiger partial charge >= 0.3 is 0 Å². The van der Waals surface area contributed by atoms with Gasteiger partial charge in [0, 0.05) is 25.0 Å². The summed E-state index contributed by atoms with van der Waals surface area (Å²) >= 11 is 6.04. The van der Waals surface area contributed by atoms with Crippen molar-refractivity contribution in [1.29, 1.82) is 0 Å². The quantitative estimate of drug-likeness (QED) is 0.770. The molecule has 0 heterocycles. The normalized spacial score (nSPS) is 9.84. The number of benzene rings is 1. The highest BCUT2D eigenvalue weighted by Gasteiger charge is 2.07. The molecule has 1 rings (SSSR count). The maximum absolute atomic E-state index is 11.7. The van der Waals surface area contributed by atoms with Crippen molar-refractivity contribution in [2.24, 2.45) is 0 Å². The third kappa shape index (κ3) is 5.61. The standard InChI is InChI=1S/C13H17ClN2O3/c1-9(17)15-5-6-16-13(18)7-10-3-4-11(19-2)8-12(10)14/h3-4,8H,5-7H2,1-2H3,(H,15,17)(H,16,18). The molecule has 0 bridgehead atoms. The molecule has 2 N–H and O–H groups in total. The molecule has 0 aliphatic carbocycles. The Balaban J connectivity index is 2.42. The van der Waals surface area contributed by atoms with E-state index in [1.807, 2.05) is 0 Å². The third-order valence-corrected chi connectivity index (χ3v) is 2.78. The Labute approximate surface area is 117 Å². The first-order valence-electron chi connectivity index (χ1n) is 5.86. The predicted octanol–water partition coefficient (Wildman–Crippen LogP) is 1.14. The second-order valence-electron chi connectivity index (χ2n) is 3.97. The second-order valence-corrected chi connectivity index (χ2v) is 4.37. The Morgan fingerprint density at radius 2 is 1.95 bits per heavy atom. The molecule has 2 amide bonds. The summed E-state index contributed by atoms with van der Waals surface area (Å²) in [5.41, 5.74) is 0.736. The van der Waals surface area contributed by atoms with Crippen molar-refractivity contribution in [3.63, 3.8) is 0 Å². The lowest BCUT2D eigenvalue weighted by molar-refractivity contribution is -0.121. The molecule has 0 spiro atoms. The van der Waals surface area contributed by atoms with Crippen LogP contribution in [0.4, 0.5) is 0 Å². The Kier molecular flexibility index (Phi) is 6.15. The van der Waals surface area contributed by atoms with Gasteiger partial charge in [0.2, 0.25) is 11.8 Å². The van der Waals surface area contributed by atoms with E-state index in [1.165, 1.54) is 6.92 Å². The van der Waals surface area contributed by atoms with Crippen molar-refractivity contribution in [3.8, 4) is 5.75 Å². The molecular formula is C13H17ClN2O3. The van der Waals surface area contributed by atoms with Crippen LogP contribution in [0.2, 0.25) is 5.02 Å². The Hall–Kier alpha value is -1.75. The first-order chi connectivity index (χ1) is 9.02. The topological polar surface area (TPSA) is 67.4 Å². The molecule has 0 saturated heterocycles. The number of carbonyl (C=O) groups is 2. The maximum Gasteiger partial charge on any atom is 0.224 e. The number of amides is 2. The van der Waals surface area contributed by atoms with E-state index in [-0.39, 0.29) is 18.2 Å². The van der Waals surface area contributed by atoms with Gasteiger partial charge in [0.05, 0.1) is 13.5 Å². The van der Waals surface area contributed by atoms with Gasteiger partial charge in [-0.25, -0.2) is 0 Å². The first kappa shape index (κ1) is 15.3. The molecule has 0 saturated carbocycles. The van der Waals surface area contributed by atoms with Crippen LogP contribution in [0.5, 0.6) is 5.75 Å². The highest BCUT2D eigenvalue weighted by atomic mass is 35.5. The number of ether oxygens (including phenoxy) is 1. The lowest BCUT2D eigenvalue weighted by atomic mass is 10.1. The van der Waals surface area contributed by atoms with Gasteiger partial charge in [0.25, 0.3) is 0 Å². The van der Waals surface area contributed by atoms with Gasteiger partial charge in [-0.1, -0.05) is 17.7 Å². The molecule has 104 valence electrons. The molecule has 19 heavy (non-hydrogen) atoms. The fraction of sp³-hybridized carbons (Fsp3) is 0.385. The molecule has 0 radical (unpaired) electrons. The SMILES string of the molecule is COc1ccc(CC(=O)NCCNC(C)=O)c(Cl)c1. The van der Waals surface area contributed by atoms with E-state index in [9.17, 15) is 9.59 Å². The molecular weight excluding hydrogens is 268 g/mol. The van der Waals surface area contributed by atoms with E-state index >= 15 is 0 Å². The zero-order chi connectivity index (χ0) is 14.3. The Morgan fingerprint density at radius 3 is 2.53 bits per heavy atom. The van der Waals surface area contributed by atoms with Crippen molar-refractivity contribution in [2.45, 2.75) is 13.3 Å². The summed E-state index contributed by atoms with van der Waals surface area (Å²) < 4.78 is 5.03. The largest absolute Gasteiger partial charge is 0.497 e. The predicted molar refractivity (Wildman–Crippen MR) is 73.4 cm³/mol. The van der Waals surface area contributed by atoms with Crippen LogP contribution in [0.3, 0.4) is 0 Å². The minimum Gasteiger partial charge on any atom is -0.497 e. The van der Waals surface area contributed by atoms with Crippen molar-refractivity contribution in [1.82, 2.24) is 10.6 Å². The lowest BCUT2D eigenvalue weighted by Gasteiger charge is -2.08. The number of rotatable bonds is 6. The van der Waals surface area contributed by atoms with Crippen molar-refractivity contribution in [3.05, 3.63) is 28.8 Å². The van der Waals surface area contributed by atoms with Crippen LogP contribution in [0.1, 0.15) is 12.5 Å². The molecule has 6 heteroatoms. The highest BCUT2D eigenvalue weighted by Crippen LogP contribution is 2.22. The fourth-order valence-corrected chi connectivity index (χ4v) is 1.71. The Morgan fingerprint density at radius 1 is 1.26 bits per heavy atom. The van der Waals surface area contributed by atoms with Crippen molar-refractivity contribution in [2.75, 3.05) is 20.2 Å². The van der Waals surface area contributed by atoms with E-state index in [1.54, 1.807) is 25.3 Å². The molecule has 0 aliphatic rings. The molecule has 0 fully saturated rings. The lowest BCUT2D eigenvalue weighted by Crippen LogP contribution is -2.34. The monoisotopic (exact) mass is 284 g/mol. The van der Waals surface area contributed by atoms with E-state index in [2.05, 4.69) is 10.6 Å². The number of nitrogens with one attached hydrogen (secondary N) is 2. The minimum absolute atomic E-state index is 0.118. The molecule has 1 aromatic carbocycles. The summed E-state index contributed by atoms with van der Waals surface area (Å²) in [5, 5.41) is 5.79. The zero-order valence-corrected chi connectivity index (χ0v) is 11.7. The summed E-state index contributed by atoms with van der Waals surface area (Å²) in [6, 6.07) is 5.18. The summed E-state index contributed by atoms with van der Waals surface area (Å²) in [6.07, 6.45) is 0.197. The van der Waals surface area contributed by atoms with Crippen LogP contribution in [-0.2, 0) is 16.0 Å². The van der Waals surface area contributed by atoms with Crippen LogP contribution >= 0.6 is 11.6 Å². The number of halogens is 1. The maximum atomic E-state index is 11.7. The van der Waals surface area contributed by atoms with E-state index in [4.69, 9.17) is 16.3 Å². The summed E-state index contributed by atoms with van der Waals surface area (Å²) in [5.74, 6) is 0.393. The van der Waals surface area contributed by atoms with Gasteiger partial charge in [-0.05, 0) is 17.7 Å². The summed E-state index contributed by atoms with van der Waals surface area (Å²) in [7, 11) is 1.56. The Bertz CT molecular complexity index is 463. The van der Waals surface area contributed by atoms with Crippen molar-refractivity contribution >= 4 is 23.4 Å². The van der Waals surface area contributed by atoms with Gasteiger partial charge in [-0.15, -0.1) is 0 Å². The molecule has 0 atom stereocenters. The number of hydrogen-bond donors (Lipinski definition) is 2. The van der Waals surface area contributed by atoms with Crippen LogP contribution in [0.15, 0.2) is 18.2 Å². The molecule has 5 nitrogen and oxygen atoms in total. The average molecular weight is 285 g/mol. The first-order valence-corrected chi connectivity index (χ1v) is 6.24. The summed E-state index contributed by atoms with van der Waals surface area (Å²) in [4.78, 5) is 22.3. The highest BCUT2D eigenvalue weighted by molar-refractivity contribution is 6.31. The summed E-state index contributed by atoms with van der Waals surface area (Å²) in [6.45, 7) is 2.24. The number of methoxy groups -OCH3 is 1. The van der Waals surface area contributed by atoms with Crippen LogP contribution in [0.25, 0.3) is 0 Å². The average Bonchev–Trinajstić information content (AvgIpc) is 2.37. The van der Waals surface area contributed by atoms with Gasteiger partial charge in [-0.2, -0.15) is 0 Å². The number of hydrogen-bond acceptors (Lipinski definition) is 3. The molecule has 1 aromatic rings. The zero-order valence-electron chi connectivity index (χ0n) is 11.0. The van der Waals surface area contributed by atoms with Gasteiger partial charge in [-0.3, -0.25) is 9.59 Å². The molecule has 0 unspecified atom stereocenters. The molecule has 0 aliphatic heterocycles. The molecule has 0 aromatic heterocycles. The fourth-order valence-electron chi connectivity index (χ4n) is 1.47. The number of carbonyl (C=O) groups excluding carboxylic acids is 2. The van der Waals surface area contributed by atoms with Gasteiger partial charge < -0.3 is 15.4 Å². The smallest absolute Gasteiger partial charge is 0.224 e. The third-order valence-electron chi connectivity index (χ3n) is 2.43. The van der Waals surface area contributed by atoms with E-state index in [0.717, 1.165) is 5.56 Å². The van der Waals surface area contributed by atoms with E-state index < -0.39 is 0 Å². The van der Waals surface area contributed by atoms with Gasteiger partial charge in [0.15, 0.2) is 0 Å². The van der Waals surface area contributed by atoms with Gasteiger partial charge in [0.1, 0.15) is 5.75 Å².